The second kappa shape index (κ2) is 7.24. The largest absolute Gasteiger partial charge is 0.465 e. The summed E-state index contributed by atoms with van der Waals surface area (Å²) in [5, 5.41) is 10.0. The summed E-state index contributed by atoms with van der Waals surface area (Å²) >= 11 is 1.09. The first-order valence-corrected chi connectivity index (χ1v) is 11.3. The number of hydrogen-bond acceptors (Lipinski definition) is 5. The van der Waals surface area contributed by atoms with Crippen molar-refractivity contribution in [2.75, 3.05) is 4.90 Å². The normalized spacial score (nSPS) is 14.2. The van der Waals surface area contributed by atoms with Crippen LogP contribution in [0, 0.1) is 5.82 Å². The zero-order chi connectivity index (χ0) is 23.7. The van der Waals surface area contributed by atoms with E-state index in [0.29, 0.717) is 15.9 Å². The number of aromatic amines is 1. The molecule has 0 aliphatic heterocycles. The molecule has 4 aromatic rings. The lowest BCUT2D eigenvalue weighted by molar-refractivity contribution is 0.195. The molecule has 3 heterocycles. The van der Waals surface area contributed by atoms with Crippen LogP contribution >= 0.6 is 11.5 Å². The van der Waals surface area contributed by atoms with Gasteiger partial charge in [-0.3, -0.25) is 18.9 Å². The van der Waals surface area contributed by atoms with Crippen LogP contribution in [0.15, 0.2) is 40.1 Å². The van der Waals surface area contributed by atoms with Gasteiger partial charge in [0.05, 0.1) is 5.52 Å². The van der Waals surface area contributed by atoms with Gasteiger partial charge in [0.25, 0.3) is 5.56 Å². The number of amides is 1. The highest BCUT2D eigenvalue weighted by Crippen LogP contribution is 2.42. The van der Waals surface area contributed by atoms with Crippen LogP contribution in [-0.4, -0.2) is 30.7 Å². The van der Waals surface area contributed by atoms with Gasteiger partial charge < -0.3 is 9.67 Å². The van der Waals surface area contributed by atoms with Gasteiger partial charge in [0.2, 0.25) is 5.43 Å². The lowest BCUT2D eigenvalue weighted by Gasteiger charge is -2.33. The van der Waals surface area contributed by atoms with Gasteiger partial charge in [0, 0.05) is 34.3 Å². The summed E-state index contributed by atoms with van der Waals surface area (Å²) in [4.78, 5) is 43.3. The third-order valence-electron chi connectivity index (χ3n) is 5.78. The molecule has 1 amide bonds. The molecule has 0 radical (unpaired) electrons. The van der Waals surface area contributed by atoms with Crippen molar-refractivity contribution in [3.05, 3.63) is 56.9 Å². The van der Waals surface area contributed by atoms with Gasteiger partial charge in [-0.2, -0.15) is 0 Å². The monoisotopic (exact) mass is 468 g/mol. The standard InChI is InChI=1S/C23H21FN4O4S/c1-23(2,3)28(22(31)32)19-12(5-4-8-25-19)13-10-16-14(9-15(13)24)18(29)17-20(30)26-33-21(17)27(16)11-6-7-11/h4-5,8-11H,6-7H2,1-3H3,(H,26,30)(H,31,32). The molecule has 1 fully saturated rings. The van der Waals surface area contributed by atoms with Crippen LogP contribution < -0.4 is 15.9 Å². The lowest BCUT2D eigenvalue weighted by Crippen LogP contribution is -2.46. The molecule has 3 aromatic heterocycles. The third-order valence-corrected chi connectivity index (χ3v) is 6.66. The molecule has 10 heteroatoms. The Hall–Kier alpha value is -3.53. The fourth-order valence-corrected chi connectivity index (χ4v) is 5.16. The molecule has 0 spiro atoms. The number of aromatic nitrogens is 3. The summed E-state index contributed by atoms with van der Waals surface area (Å²) in [5.74, 6) is -0.593. The average Bonchev–Trinajstić information content (AvgIpc) is 3.49. The van der Waals surface area contributed by atoms with Gasteiger partial charge in [-0.05, 0) is 69.4 Å². The number of benzene rings is 1. The Labute approximate surface area is 191 Å². The highest BCUT2D eigenvalue weighted by Gasteiger charge is 2.33. The fourth-order valence-electron chi connectivity index (χ4n) is 4.23. The second-order valence-electron chi connectivity index (χ2n) is 9.16. The molecule has 1 aromatic carbocycles. The third kappa shape index (κ3) is 3.32. The molecule has 0 saturated heterocycles. The minimum absolute atomic E-state index is 0.0402. The van der Waals surface area contributed by atoms with Gasteiger partial charge in [-0.1, -0.05) is 0 Å². The van der Waals surface area contributed by atoms with Crippen LogP contribution in [0.1, 0.15) is 39.7 Å². The number of nitrogens with one attached hydrogen (secondary N) is 1. The van der Waals surface area contributed by atoms with Crippen molar-refractivity contribution < 1.29 is 14.3 Å². The zero-order valence-electron chi connectivity index (χ0n) is 18.2. The Kier molecular flexibility index (Phi) is 4.68. The van der Waals surface area contributed by atoms with Crippen molar-refractivity contribution >= 4 is 44.6 Å². The summed E-state index contributed by atoms with van der Waals surface area (Å²) in [5.41, 5.74) is -0.879. The summed E-state index contributed by atoms with van der Waals surface area (Å²) in [7, 11) is 0. The maximum absolute atomic E-state index is 15.5. The number of pyridine rings is 2. The Morgan fingerprint density at radius 2 is 2.00 bits per heavy atom. The van der Waals surface area contributed by atoms with Crippen molar-refractivity contribution in [3.8, 4) is 11.1 Å². The van der Waals surface area contributed by atoms with Crippen LogP contribution in [-0.2, 0) is 0 Å². The molecular formula is C23H21FN4O4S. The van der Waals surface area contributed by atoms with Crippen molar-refractivity contribution in [1.82, 2.24) is 13.9 Å². The van der Waals surface area contributed by atoms with E-state index in [4.69, 9.17) is 0 Å². The van der Waals surface area contributed by atoms with E-state index in [9.17, 15) is 19.5 Å². The van der Waals surface area contributed by atoms with E-state index in [0.717, 1.165) is 35.3 Å². The van der Waals surface area contributed by atoms with E-state index in [1.54, 1.807) is 39.0 Å². The van der Waals surface area contributed by atoms with E-state index in [1.165, 1.54) is 6.20 Å². The quantitative estimate of drug-likeness (QED) is 0.452. The number of H-pyrrole nitrogens is 1. The van der Waals surface area contributed by atoms with Crippen LogP contribution in [0.3, 0.4) is 0 Å². The predicted molar refractivity (Wildman–Crippen MR) is 126 cm³/mol. The number of halogens is 1. The highest BCUT2D eigenvalue weighted by atomic mass is 32.1. The predicted octanol–water partition coefficient (Wildman–Crippen LogP) is 4.72. The molecule has 0 unspecified atom stereocenters. The molecule has 1 aliphatic carbocycles. The Morgan fingerprint density at radius 3 is 2.64 bits per heavy atom. The molecule has 33 heavy (non-hydrogen) atoms. The van der Waals surface area contributed by atoms with Gasteiger partial charge in [0.15, 0.2) is 0 Å². The second-order valence-corrected chi connectivity index (χ2v) is 9.95. The highest BCUT2D eigenvalue weighted by molar-refractivity contribution is 7.12. The zero-order valence-corrected chi connectivity index (χ0v) is 19.0. The number of hydrogen-bond donors (Lipinski definition) is 2. The van der Waals surface area contributed by atoms with Gasteiger partial charge >= 0.3 is 6.09 Å². The first-order valence-electron chi connectivity index (χ1n) is 10.5. The van der Waals surface area contributed by atoms with E-state index < -0.39 is 28.4 Å². The van der Waals surface area contributed by atoms with E-state index in [2.05, 4.69) is 9.36 Å². The molecule has 0 atom stereocenters. The summed E-state index contributed by atoms with van der Waals surface area (Å²) in [6.45, 7) is 5.18. The van der Waals surface area contributed by atoms with Crippen LogP contribution in [0.2, 0.25) is 0 Å². The maximum atomic E-state index is 15.5. The summed E-state index contributed by atoms with van der Waals surface area (Å²) in [6, 6.07) is 6.04. The first-order chi connectivity index (χ1) is 15.6. The SMILES string of the molecule is CC(C)(C)N(C(=O)O)c1ncccc1-c1cc2c(cc1F)c(=O)c1c(=O)[nH]sc1n2C1CC1. The van der Waals surface area contributed by atoms with Crippen LogP contribution in [0.4, 0.5) is 15.0 Å². The number of anilines is 1. The molecule has 5 rings (SSSR count). The van der Waals surface area contributed by atoms with E-state index >= 15 is 4.39 Å². The van der Waals surface area contributed by atoms with Crippen molar-refractivity contribution in [1.29, 1.82) is 0 Å². The van der Waals surface area contributed by atoms with Gasteiger partial charge in [-0.25, -0.2) is 14.2 Å². The number of nitrogens with zero attached hydrogens (tertiary/aromatic N) is 3. The molecule has 0 bridgehead atoms. The smallest absolute Gasteiger partial charge is 0.413 e. The molecule has 1 saturated carbocycles. The minimum Gasteiger partial charge on any atom is -0.465 e. The number of rotatable bonds is 3. The van der Waals surface area contributed by atoms with Crippen molar-refractivity contribution in [2.24, 2.45) is 0 Å². The fraction of sp³-hybridized carbons (Fsp3) is 0.304. The topological polar surface area (TPSA) is 108 Å². The van der Waals surface area contributed by atoms with E-state index in [-0.39, 0.29) is 28.2 Å². The molecule has 1 aliphatic rings. The summed E-state index contributed by atoms with van der Waals surface area (Å²) < 4.78 is 20.0. The number of carbonyl (C=O) groups is 1. The lowest BCUT2D eigenvalue weighted by atomic mass is 10.00. The number of carboxylic acid groups (broad SMARTS) is 1. The van der Waals surface area contributed by atoms with Crippen molar-refractivity contribution in [3.63, 3.8) is 0 Å². The van der Waals surface area contributed by atoms with E-state index in [1.807, 2.05) is 4.57 Å². The maximum Gasteiger partial charge on any atom is 0.413 e. The van der Waals surface area contributed by atoms with Crippen LogP contribution in [0.5, 0.6) is 0 Å². The Balaban J connectivity index is 1.85. The molecule has 8 nitrogen and oxygen atoms in total. The first kappa shape index (κ1) is 21.3. The van der Waals surface area contributed by atoms with Gasteiger partial charge in [0.1, 0.15) is 21.9 Å². The van der Waals surface area contributed by atoms with Crippen LogP contribution in [0.25, 0.3) is 32.2 Å². The molecule has 170 valence electrons. The molecular weight excluding hydrogens is 447 g/mol. The molecule has 2 N–H and O–H groups in total. The average molecular weight is 469 g/mol. The Bertz CT molecular complexity index is 1560. The Morgan fingerprint density at radius 1 is 1.27 bits per heavy atom. The summed E-state index contributed by atoms with van der Waals surface area (Å²) in [6.07, 6.45) is 2.03. The van der Waals surface area contributed by atoms with Crippen molar-refractivity contribution in [2.45, 2.75) is 45.2 Å². The minimum atomic E-state index is -1.21. The van der Waals surface area contributed by atoms with Gasteiger partial charge in [-0.15, -0.1) is 0 Å². The number of fused-ring (bicyclic) bond motifs is 2.